The molecule has 0 saturated carbocycles. The molecule has 0 heterocycles. The van der Waals surface area contributed by atoms with Crippen LogP contribution in [0.15, 0.2) is 12.3 Å². The zero-order valence-corrected chi connectivity index (χ0v) is 10.7. The predicted octanol–water partition coefficient (Wildman–Crippen LogP) is 5.07. The van der Waals surface area contributed by atoms with E-state index in [2.05, 4.69) is 20.4 Å². The van der Waals surface area contributed by atoms with Gasteiger partial charge in [-0.2, -0.15) is 0 Å². The fraction of sp³-hybridized carbons (Fsp3) is 0.857. The summed E-state index contributed by atoms with van der Waals surface area (Å²) in [6.45, 7) is 9.16. The van der Waals surface area contributed by atoms with Gasteiger partial charge in [0.05, 0.1) is 12.4 Å². The molecule has 0 rings (SSSR count). The molecule has 15 heavy (non-hydrogen) atoms. The van der Waals surface area contributed by atoms with Gasteiger partial charge in [-0.15, -0.1) is 0 Å². The summed E-state index contributed by atoms with van der Waals surface area (Å²) >= 11 is 0. The van der Waals surface area contributed by atoms with Crippen LogP contribution >= 0.6 is 0 Å². The Labute approximate surface area is 95.9 Å². The second kappa shape index (κ2) is 11.6. The second-order valence-corrected chi connectivity index (χ2v) is 4.26. The third-order valence-electron chi connectivity index (χ3n) is 2.58. The summed E-state index contributed by atoms with van der Waals surface area (Å²) in [5, 5.41) is 0. The second-order valence-electron chi connectivity index (χ2n) is 4.26. The highest BCUT2D eigenvalue weighted by Gasteiger charge is 1.94. The Morgan fingerprint density at radius 2 is 1.47 bits per heavy atom. The molecule has 0 bridgehead atoms. The first kappa shape index (κ1) is 14.5. The van der Waals surface area contributed by atoms with Gasteiger partial charge in [0.15, 0.2) is 0 Å². The highest BCUT2D eigenvalue weighted by Crippen LogP contribution is 2.09. The van der Waals surface area contributed by atoms with Gasteiger partial charge >= 0.3 is 0 Å². The van der Waals surface area contributed by atoms with Crippen molar-refractivity contribution in [3.8, 4) is 0 Å². The number of hydrogen-bond acceptors (Lipinski definition) is 1. The quantitative estimate of drug-likeness (QED) is 0.343. The molecule has 0 fully saturated rings. The van der Waals surface area contributed by atoms with Gasteiger partial charge in [-0.05, 0) is 12.8 Å². The standard InChI is InChI=1S/C14H28O/c1-4-6-7-8-9-10-11-13-15-14(3)12-5-2/h3-13H2,1-2H3. The summed E-state index contributed by atoms with van der Waals surface area (Å²) < 4.78 is 5.52. The first-order chi connectivity index (χ1) is 7.31. The number of allylic oxidation sites excluding steroid dienone is 1. The van der Waals surface area contributed by atoms with E-state index >= 15 is 0 Å². The largest absolute Gasteiger partial charge is 0.499 e. The van der Waals surface area contributed by atoms with Crippen LogP contribution in [-0.2, 0) is 4.74 Å². The fourth-order valence-corrected chi connectivity index (χ4v) is 1.63. The zero-order chi connectivity index (χ0) is 11.4. The molecule has 90 valence electrons. The summed E-state index contributed by atoms with van der Waals surface area (Å²) in [5.74, 6) is 0.962. The predicted molar refractivity (Wildman–Crippen MR) is 68.0 cm³/mol. The van der Waals surface area contributed by atoms with Crippen LogP contribution < -0.4 is 0 Å². The first-order valence-electron chi connectivity index (χ1n) is 6.61. The summed E-state index contributed by atoms with van der Waals surface area (Å²) in [5.41, 5.74) is 0. The minimum Gasteiger partial charge on any atom is -0.499 e. The van der Waals surface area contributed by atoms with Crippen molar-refractivity contribution in [2.24, 2.45) is 0 Å². The lowest BCUT2D eigenvalue weighted by Crippen LogP contribution is -1.94. The van der Waals surface area contributed by atoms with Crippen molar-refractivity contribution in [1.29, 1.82) is 0 Å². The van der Waals surface area contributed by atoms with E-state index in [1.807, 2.05) is 0 Å². The van der Waals surface area contributed by atoms with Gasteiger partial charge in [-0.3, -0.25) is 0 Å². The van der Waals surface area contributed by atoms with Crippen molar-refractivity contribution in [3.63, 3.8) is 0 Å². The molecule has 0 aliphatic rings. The average Bonchev–Trinajstić information content (AvgIpc) is 2.22. The molecular formula is C14H28O. The molecule has 0 atom stereocenters. The molecule has 1 nitrogen and oxygen atoms in total. The lowest BCUT2D eigenvalue weighted by molar-refractivity contribution is 0.196. The summed E-state index contributed by atoms with van der Waals surface area (Å²) in [6, 6.07) is 0. The Morgan fingerprint density at radius 3 is 2.07 bits per heavy atom. The number of ether oxygens (including phenoxy) is 1. The molecule has 0 unspecified atom stereocenters. The molecular weight excluding hydrogens is 184 g/mol. The van der Waals surface area contributed by atoms with Crippen molar-refractivity contribution in [1.82, 2.24) is 0 Å². The third-order valence-corrected chi connectivity index (χ3v) is 2.58. The Balaban J connectivity index is 3.01. The molecule has 0 aliphatic heterocycles. The third kappa shape index (κ3) is 11.5. The maximum absolute atomic E-state index is 5.52. The van der Waals surface area contributed by atoms with Crippen LogP contribution in [0.4, 0.5) is 0 Å². The highest BCUT2D eigenvalue weighted by atomic mass is 16.5. The molecule has 0 radical (unpaired) electrons. The lowest BCUT2D eigenvalue weighted by Gasteiger charge is -2.07. The van der Waals surface area contributed by atoms with Crippen molar-refractivity contribution in [2.75, 3.05) is 6.61 Å². The van der Waals surface area contributed by atoms with Crippen LogP contribution in [0.3, 0.4) is 0 Å². The average molecular weight is 212 g/mol. The monoisotopic (exact) mass is 212 g/mol. The maximum atomic E-state index is 5.52. The van der Waals surface area contributed by atoms with E-state index in [1.165, 1.54) is 44.9 Å². The van der Waals surface area contributed by atoms with Crippen LogP contribution in [0.2, 0.25) is 0 Å². The van der Waals surface area contributed by atoms with Crippen LogP contribution in [-0.4, -0.2) is 6.61 Å². The SMILES string of the molecule is C=C(CCC)OCCCCCCCCC. The topological polar surface area (TPSA) is 9.23 Å². The van der Waals surface area contributed by atoms with Gasteiger partial charge in [0.25, 0.3) is 0 Å². The van der Waals surface area contributed by atoms with E-state index in [0.717, 1.165) is 25.2 Å². The number of rotatable bonds is 11. The Morgan fingerprint density at radius 1 is 0.867 bits per heavy atom. The highest BCUT2D eigenvalue weighted by molar-refractivity contribution is 4.80. The van der Waals surface area contributed by atoms with E-state index in [0.29, 0.717) is 0 Å². The molecule has 0 aliphatic carbocycles. The van der Waals surface area contributed by atoms with E-state index in [9.17, 15) is 0 Å². The Bertz CT molecular complexity index is 140. The van der Waals surface area contributed by atoms with E-state index < -0.39 is 0 Å². The summed E-state index contributed by atoms with van der Waals surface area (Å²) in [6.07, 6.45) is 11.5. The smallest absolute Gasteiger partial charge is 0.0888 e. The van der Waals surface area contributed by atoms with Gasteiger partial charge in [-0.25, -0.2) is 0 Å². The number of unbranched alkanes of at least 4 members (excludes halogenated alkanes) is 6. The molecule has 0 N–H and O–H groups in total. The molecule has 0 saturated heterocycles. The van der Waals surface area contributed by atoms with Crippen molar-refractivity contribution >= 4 is 0 Å². The molecule has 0 spiro atoms. The van der Waals surface area contributed by atoms with Crippen molar-refractivity contribution in [2.45, 2.75) is 71.6 Å². The van der Waals surface area contributed by atoms with Crippen molar-refractivity contribution < 1.29 is 4.74 Å². The van der Waals surface area contributed by atoms with Gasteiger partial charge in [-0.1, -0.05) is 59.0 Å². The molecule has 0 amide bonds. The minimum absolute atomic E-state index is 0.868. The zero-order valence-electron chi connectivity index (χ0n) is 10.7. The minimum atomic E-state index is 0.868. The summed E-state index contributed by atoms with van der Waals surface area (Å²) in [4.78, 5) is 0. The molecule has 0 aromatic carbocycles. The molecule has 0 aromatic rings. The molecule has 0 aromatic heterocycles. The van der Waals surface area contributed by atoms with E-state index in [1.54, 1.807) is 0 Å². The fourth-order valence-electron chi connectivity index (χ4n) is 1.63. The molecule has 1 heteroatoms. The van der Waals surface area contributed by atoms with Crippen molar-refractivity contribution in [3.05, 3.63) is 12.3 Å². The van der Waals surface area contributed by atoms with E-state index in [4.69, 9.17) is 4.74 Å². The van der Waals surface area contributed by atoms with Gasteiger partial charge < -0.3 is 4.74 Å². The van der Waals surface area contributed by atoms with E-state index in [-0.39, 0.29) is 0 Å². The van der Waals surface area contributed by atoms with Crippen LogP contribution in [0.5, 0.6) is 0 Å². The Hall–Kier alpha value is -0.460. The van der Waals surface area contributed by atoms with Gasteiger partial charge in [0, 0.05) is 6.42 Å². The summed E-state index contributed by atoms with van der Waals surface area (Å²) in [7, 11) is 0. The Kier molecular flexibility index (Phi) is 11.3. The van der Waals surface area contributed by atoms with Gasteiger partial charge in [0.1, 0.15) is 0 Å². The van der Waals surface area contributed by atoms with Gasteiger partial charge in [0.2, 0.25) is 0 Å². The van der Waals surface area contributed by atoms with Crippen LogP contribution in [0.1, 0.15) is 71.6 Å². The van der Waals surface area contributed by atoms with Crippen LogP contribution in [0.25, 0.3) is 0 Å². The first-order valence-corrected chi connectivity index (χ1v) is 6.61. The number of hydrogen-bond donors (Lipinski definition) is 0. The normalized spacial score (nSPS) is 10.3. The maximum Gasteiger partial charge on any atom is 0.0888 e. The van der Waals surface area contributed by atoms with Crippen LogP contribution in [0, 0.1) is 0 Å². The lowest BCUT2D eigenvalue weighted by atomic mass is 10.1.